The fourth-order valence-corrected chi connectivity index (χ4v) is 2.11. The second-order valence-corrected chi connectivity index (χ2v) is 4.67. The van der Waals surface area contributed by atoms with Crippen molar-refractivity contribution >= 4 is 11.5 Å². The van der Waals surface area contributed by atoms with E-state index in [0.717, 1.165) is 4.57 Å². The molecule has 1 aromatic carbocycles. The third-order valence-electron chi connectivity index (χ3n) is 3.26. The zero-order valence-corrected chi connectivity index (χ0v) is 12.0. The van der Waals surface area contributed by atoms with E-state index in [1.807, 2.05) is 0 Å². The quantitative estimate of drug-likeness (QED) is 0.655. The lowest BCUT2D eigenvalue weighted by Gasteiger charge is -2.16. The van der Waals surface area contributed by atoms with Crippen LogP contribution in [0, 0.1) is 0 Å². The minimum Gasteiger partial charge on any atom is -0.506 e. The molecule has 0 aliphatic heterocycles. The van der Waals surface area contributed by atoms with Crippen LogP contribution in [0.15, 0.2) is 46.5 Å². The van der Waals surface area contributed by atoms with Gasteiger partial charge in [-0.2, -0.15) is 0 Å². The van der Waals surface area contributed by atoms with Gasteiger partial charge in [0.15, 0.2) is 0 Å². The Bertz CT molecular complexity index is 803. The van der Waals surface area contributed by atoms with Crippen molar-refractivity contribution < 1.29 is 5.11 Å². The van der Waals surface area contributed by atoms with Gasteiger partial charge in [0.05, 0.1) is 11.3 Å². The first-order valence-electron chi connectivity index (χ1n) is 6.42. The zero-order chi connectivity index (χ0) is 15.6. The Labute approximate surface area is 121 Å². The first kappa shape index (κ1) is 14.6. The highest BCUT2D eigenvalue weighted by atomic mass is 16.3. The summed E-state index contributed by atoms with van der Waals surface area (Å²) in [4.78, 5) is 24.3. The molecule has 0 radical (unpaired) electrons. The average Bonchev–Trinajstić information content (AvgIpc) is 2.48. The number of benzene rings is 1. The lowest BCUT2D eigenvalue weighted by molar-refractivity contribution is 0.477. The predicted molar refractivity (Wildman–Crippen MR) is 82.2 cm³/mol. The summed E-state index contributed by atoms with van der Waals surface area (Å²) in [5, 5.41) is 12.8. The smallest absolute Gasteiger partial charge is 0.332 e. The van der Waals surface area contributed by atoms with Crippen molar-refractivity contribution in [3.05, 3.63) is 63.3 Å². The number of phenols is 1. The Morgan fingerprint density at radius 1 is 1.24 bits per heavy atom. The van der Waals surface area contributed by atoms with E-state index in [1.165, 1.54) is 17.7 Å². The van der Waals surface area contributed by atoms with Crippen LogP contribution in [0.3, 0.4) is 0 Å². The fourth-order valence-electron chi connectivity index (χ4n) is 2.11. The normalized spacial score (nSPS) is 10.4. The average molecular weight is 287 g/mol. The summed E-state index contributed by atoms with van der Waals surface area (Å²) in [6.07, 6.45) is 1.91. The van der Waals surface area contributed by atoms with E-state index in [4.69, 9.17) is 0 Å². The first-order chi connectivity index (χ1) is 9.97. The van der Waals surface area contributed by atoms with Crippen molar-refractivity contribution in [3.63, 3.8) is 0 Å². The van der Waals surface area contributed by atoms with Crippen LogP contribution in [0.4, 0.5) is 11.5 Å². The molecule has 2 N–H and O–H groups in total. The van der Waals surface area contributed by atoms with Crippen LogP contribution in [-0.2, 0) is 20.5 Å². The SMILES string of the molecule is C=CCc1c(Nc2ccccc2O)n(C)c(=O)n(C)c1=O. The molecule has 21 heavy (non-hydrogen) atoms. The van der Waals surface area contributed by atoms with Crippen molar-refractivity contribution in [1.29, 1.82) is 0 Å². The molecule has 0 amide bonds. The molecule has 6 nitrogen and oxygen atoms in total. The molecule has 0 spiro atoms. The lowest BCUT2D eigenvalue weighted by Crippen LogP contribution is -2.40. The molecule has 0 aliphatic rings. The third kappa shape index (κ3) is 2.60. The summed E-state index contributed by atoms with van der Waals surface area (Å²) < 4.78 is 2.39. The maximum absolute atomic E-state index is 12.2. The molecule has 0 fully saturated rings. The van der Waals surface area contributed by atoms with Gasteiger partial charge in [-0.15, -0.1) is 6.58 Å². The standard InChI is InChI=1S/C15H17N3O3/c1-4-7-10-13(16-11-8-5-6-9-12(11)19)17(2)15(21)18(3)14(10)20/h4-6,8-9,16,19H,1,7H2,2-3H3. The number of allylic oxidation sites excluding steroid dienone is 1. The number of aromatic hydroxyl groups is 1. The highest BCUT2D eigenvalue weighted by molar-refractivity contribution is 5.65. The number of para-hydroxylation sites is 2. The van der Waals surface area contributed by atoms with Gasteiger partial charge in [0.25, 0.3) is 5.56 Å². The molecule has 0 bridgehead atoms. The maximum Gasteiger partial charge on any atom is 0.332 e. The molecule has 0 aliphatic carbocycles. The summed E-state index contributed by atoms with van der Waals surface area (Å²) in [5.74, 6) is 0.389. The topological polar surface area (TPSA) is 76.3 Å². The van der Waals surface area contributed by atoms with Gasteiger partial charge in [-0.3, -0.25) is 13.9 Å². The van der Waals surface area contributed by atoms with E-state index in [-0.39, 0.29) is 11.3 Å². The molecular formula is C15H17N3O3. The first-order valence-corrected chi connectivity index (χ1v) is 6.42. The maximum atomic E-state index is 12.2. The second kappa shape index (κ2) is 5.70. The van der Waals surface area contributed by atoms with E-state index < -0.39 is 5.69 Å². The molecule has 0 unspecified atom stereocenters. The number of nitrogens with one attached hydrogen (secondary N) is 1. The van der Waals surface area contributed by atoms with Crippen LogP contribution in [0.1, 0.15) is 5.56 Å². The number of hydrogen-bond acceptors (Lipinski definition) is 4. The minimum atomic E-state index is -0.439. The van der Waals surface area contributed by atoms with Crippen molar-refractivity contribution in [2.75, 3.05) is 5.32 Å². The summed E-state index contributed by atoms with van der Waals surface area (Å²) in [5.41, 5.74) is 0.0190. The molecule has 0 saturated carbocycles. The van der Waals surface area contributed by atoms with Gasteiger partial charge in [-0.1, -0.05) is 18.2 Å². The van der Waals surface area contributed by atoms with Gasteiger partial charge >= 0.3 is 5.69 Å². The molecule has 1 aromatic heterocycles. The number of rotatable bonds is 4. The van der Waals surface area contributed by atoms with Crippen LogP contribution in [0.2, 0.25) is 0 Å². The van der Waals surface area contributed by atoms with Crippen LogP contribution in [0.5, 0.6) is 5.75 Å². The summed E-state index contributed by atoms with van der Waals surface area (Å²) in [6, 6.07) is 6.62. The number of phenolic OH excluding ortho intramolecular Hbond substituents is 1. The molecule has 0 saturated heterocycles. The van der Waals surface area contributed by atoms with E-state index in [2.05, 4.69) is 11.9 Å². The molecule has 0 atom stereocenters. The van der Waals surface area contributed by atoms with E-state index in [1.54, 1.807) is 31.3 Å². The molecular weight excluding hydrogens is 270 g/mol. The number of hydrogen-bond donors (Lipinski definition) is 2. The Kier molecular flexibility index (Phi) is 3.98. The van der Waals surface area contributed by atoms with Crippen LogP contribution < -0.4 is 16.6 Å². The Balaban J connectivity index is 2.68. The van der Waals surface area contributed by atoms with Gasteiger partial charge < -0.3 is 10.4 Å². The van der Waals surface area contributed by atoms with Crippen LogP contribution >= 0.6 is 0 Å². The zero-order valence-electron chi connectivity index (χ0n) is 12.0. The highest BCUT2D eigenvalue weighted by Crippen LogP contribution is 2.26. The van der Waals surface area contributed by atoms with Crippen molar-refractivity contribution in [1.82, 2.24) is 9.13 Å². The molecule has 6 heteroatoms. The lowest BCUT2D eigenvalue weighted by atomic mass is 10.2. The van der Waals surface area contributed by atoms with Gasteiger partial charge in [0.1, 0.15) is 11.6 Å². The van der Waals surface area contributed by atoms with E-state index >= 15 is 0 Å². The number of aromatic nitrogens is 2. The van der Waals surface area contributed by atoms with Crippen LogP contribution in [0.25, 0.3) is 0 Å². The molecule has 1 heterocycles. The summed E-state index contributed by atoms with van der Waals surface area (Å²) >= 11 is 0. The van der Waals surface area contributed by atoms with Crippen molar-refractivity contribution in [3.8, 4) is 5.75 Å². The highest BCUT2D eigenvalue weighted by Gasteiger charge is 2.15. The van der Waals surface area contributed by atoms with Gasteiger partial charge in [-0.25, -0.2) is 4.79 Å². The minimum absolute atomic E-state index is 0.0372. The van der Waals surface area contributed by atoms with Crippen molar-refractivity contribution in [2.24, 2.45) is 14.1 Å². The summed E-state index contributed by atoms with van der Waals surface area (Å²) in [7, 11) is 3.00. The summed E-state index contributed by atoms with van der Waals surface area (Å²) in [6.45, 7) is 3.63. The van der Waals surface area contributed by atoms with E-state index in [9.17, 15) is 14.7 Å². The van der Waals surface area contributed by atoms with Gasteiger partial charge in [-0.05, 0) is 18.6 Å². The Morgan fingerprint density at radius 2 is 1.90 bits per heavy atom. The number of nitrogens with zero attached hydrogens (tertiary/aromatic N) is 2. The van der Waals surface area contributed by atoms with E-state index in [0.29, 0.717) is 23.5 Å². The molecule has 2 aromatic rings. The van der Waals surface area contributed by atoms with Crippen LogP contribution in [-0.4, -0.2) is 14.2 Å². The van der Waals surface area contributed by atoms with Gasteiger partial charge in [0.2, 0.25) is 0 Å². The van der Waals surface area contributed by atoms with Crippen molar-refractivity contribution in [2.45, 2.75) is 6.42 Å². The Hall–Kier alpha value is -2.76. The fraction of sp³-hybridized carbons (Fsp3) is 0.200. The van der Waals surface area contributed by atoms with Gasteiger partial charge in [0, 0.05) is 14.1 Å². The monoisotopic (exact) mass is 287 g/mol. The molecule has 110 valence electrons. The predicted octanol–water partition coefficient (Wildman–Crippen LogP) is 1.26. The number of anilines is 2. The third-order valence-corrected chi connectivity index (χ3v) is 3.26. The second-order valence-electron chi connectivity index (χ2n) is 4.67. The Morgan fingerprint density at radius 3 is 2.52 bits per heavy atom. The largest absolute Gasteiger partial charge is 0.506 e. The molecule has 2 rings (SSSR count).